The molecule has 4 rings (SSSR count). The number of hydrogen-bond donors (Lipinski definition) is 4. The standard InChI is InChI=1S/C29H33Cl2N7O5S.C2HF3O2/c1-36(2)14-6-11-25(39)33-19-7-4-8-21(17-19)44(42,43)38-15-12-20(13-16-38)37(3)29(41)27-24(18-32-35-27)34-28(40)26-22(30)9-5-10-23(26)31;3-2(4,5)1(6)7/h4-11,17-18,20H,12-16H2,1-3H3,(H,32,35)(H,33,39)(H,34,40);(H,6,7)/b11-6+;. The lowest BCUT2D eigenvalue weighted by Crippen LogP contribution is -2.47. The Morgan fingerprint density at radius 3 is 2.20 bits per heavy atom. The molecule has 0 saturated carbocycles. The van der Waals surface area contributed by atoms with Crippen molar-refractivity contribution in [3.63, 3.8) is 0 Å². The molecule has 1 saturated heterocycles. The molecule has 1 fully saturated rings. The van der Waals surface area contributed by atoms with E-state index < -0.39 is 34.0 Å². The minimum Gasteiger partial charge on any atom is -0.475 e. The number of aliphatic carboxylic acids is 1. The molecule has 4 N–H and O–H groups in total. The minimum absolute atomic E-state index is 0.0620. The first-order valence-electron chi connectivity index (χ1n) is 14.9. The lowest BCUT2D eigenvalue weighted by atomic mass is 10.0. The van der Waals surface area contributed by atoms with Gasteiger partial charge in [0.05, 0.1) is 32.4 Å². The average Bonchev–Trinajstić information content (AvgIpc) is 3.51. The number of carbonyl (C=O) groups excluding carboxylic acids is 3. The number of anilines is 2. The van der Waals surface area contributed by atoms with E-state index in [2.05, 4.69) is 20.8 Å². The predicted molar refractivity (Wildman–Crippen MR) is 183 cm³/mol. The fraction of sp³-hybridized carbons (Fsp3) is 0.323. The van der Waals surface area contributed by atoms with Crippen molar-refractivity contribution in [2.24, 2.45) is 0 Å². The monoisotopic (exact) mass is 775 g/mol. The van der Waals surface area contributed by atoms with Gasteiger partial charge in [0.1, 0.15) is 5.69 Å². The fourth-order valence-corrected chi connectivity index (χ4v) is 6.78. The van der Waals surface area contributed by atoms with Crippen LogP contribution in [0.2, 0.25) is 10.0 Å². The summed E-state index contributed by atoms with van der Waals surface area (Å²) < 4.78 is 60.0. The van der Waals surface area contributed by atoms with E-state index in [0.717, 1.165) is 0 Å². The number of hydrogen-bond acceptors (Lipinski definition) is 8. The Balaban J connectivity index is 0.000000908. The van der Waals surface area contributed by atoms with Crippen LogP contribution < -0.4 is 10.6 Å². The zero-order valence-corrected chi connectivity index (χ0v) is 29.7. The first-order valence-corrected chi connectivity index (χ1v) is 17.1. The maximum atomic E-state index is 13.4. The molecule has 2 heterocycles. The predicted octanol–water partition coefficient (Wildman–Crippen LogP) is 4.58. The van der Waals surface area contributed by atoms with Crippen LogP contribution in [0.3, 0.4) is 0 Å². The molecule has 3 aromatic rings. The SMILES string of the molecule is CN(C)C/C=C/C(=O)Nc1cccc(S(=O)(=O)N2CCC(N(C)C(=O)c3[nH]ncc3NC(=O)c3c(Cl)cccc3Cl)CC2)c1.O=C(O)C(F)(F)F. The molecule has 20 heteroatoms. The second-order valence-electron chi connectivity index (χ2n) is 11.2. The molecule has 3 amide bonds. The molecule has 276 valence electrons. The topological polar surface area (TPSA) is 185 Å². The zero-order chi connectivity index (χ0) is 38.1. The van der Waals surface area contributed by atoms with Gasteiger partial charge in [0.15, 0.2) is 0 Å². The van der Waals surface area contributed by atoms with Crippen LogP contribution in [-0.4, -0.2) is 115 Å². The normalized spacial score (nSPS) is 14.1. The quantitative estimate of drug-likeness (QED) is 0.214. The molecule has 0 bridgehead atoms. The van der Waals surface area contributed by atoms with Crippen LogP contribution in [0.15, 0.2) is 65.7 Å². The van der Waals surface area contributed by atoms with Crippen LogP contribution >= 0.6 is 23.2 Å². The summed E-state index contributed by atoms with van der Waals surface area (Å²) in [5.74, 6) is -4.14. The highest BCUT2D eigenvalue weighted by Crippen LogP contribution is 2.28. The van der Waals surface area contributed by atoms with Crippen LogP contribution in [0.25, 0.3) is 0 Å². The molecular formula is C31H34Cl2F3N7O7S. The number of nitrogens with one attached hydrogen (secondary N) is 3. The number of H-pyrrole nitrogens is 1. The molecule has 2 aromatic carbocycles. The van der Waals surface area contributed by atoms with E-state index in [0.29, 0.717) is 25.1 Å². The molecule has 14 nitrogen and oxygen atoms in total. The van der Waals surface area contributed by atoms with Crippen LogP contribution in [0.5, 0.6) is 0 Å². The Bertz CT molecular complexity index is 1860. The maximum Gasteiger partial charge on any atom is 0.490 e. The number of likely N-dealkylation sites (N-methyl/N-ethyl adjacent to an activating group) is 1. The van der Waals surface area contributed by atoms with Gasteiger partial charge in [-0.1, -0.05) is 41.4 Å². The van der Waals surface area contributed by atoms with Crippen LogP contribution in [0, 0.1) is 0 Å². The maximum absolute atomic E-state index is 13.4. The number of carboxylic acids is 1. The van der Waals surface area contributed by atoms with Gasteiger partial charge < -0.3 is 25.5 Å². The Morgan fingerprint density at radius 1 is 1.04 bits per heavy atom. The number of piperidine rings is 1. The van der Waals surface area contributed by atoms with Crippen LogP contribution in [0.1, 0.15) is 33.7 Å². The largest absolute Gasteiger partial charge is 0.490 e. The molecule has 0 spiro atoms. The van der Waals surface area contributed by atoms with Gasteiger partial charge in [0.2, 0.25) is 15.9 Å². The van der Waals surface area contributed by atoms with Gasteiger partial charge in [-0.2, -0.15) is 22.6 Å². The van der Waals surface area contributed by atoms with Crippen molar-refractivity contribution in [3.05, 3.63) is 82.1 Å². The second-order valence-corrected chi connectivity index (χ2v) is 14.0. The smallest absolute Gasteiger partial charge is 0.475 e. The number of nitrogens with zero attached hydrogens (tertiary/aromatic N) is 4. The number of alkyl halides is 3. The van der Waals surface area contributed by atoms with Crippen molar-refractivity contribution in [2.75, 3.05) is 51.4 Å². The fourth-order valence-electron chi connectivity index (χ4n) is 4.69. The number of benzene rings is 2. The summed E-state index contributed by atoms with van der Waals surface area (Å²) in [5.41, 5.74) is 0.657. The summed E-state index contributed by atoms with van der Waals surface area (Å²) in [5, 5.41) is 19.3. The van der Waals surface area contributed by atoms with Gasteiger partial charge in [-0.25, -0.2) is 13.2 Å². The highest BCUT2D eigenvalue weighted by Gasteiger charge is 2.38. The summed E-state index contributed by atoms with van der Waals surface area (Å²) in [7, 11) is 1.54. The van der Waals surface area contributed by atoms with E-state index in [1.807, 2.05) is 19.0 Å². The van der Waals surface area contributed by atoms with E-state index >= 15 is 0 Å². The first kappa shape index (κ1) is 40.9. The van der Waals surface area contributed by atoms with E-state index in [4.69, 9.17) is 33.1 Å². The molecule has 0 unspecified atom stereocenters. The van der Waals surface area contributed by atoms with E-state index in [1.54, 1.807) is 31.3 Å². The first-order chi connectivity index (χ1) is 23.8. The lowest BCUT2D eigenvalue weighted by molar-refractivity contribution is -0.192. The molecule has 0 aliphatic carbocycles. The lowest BCUT2D eigenvalue weighted by Gasteiger charge is -2.36. The zero-order valence-electron chi connectivity index (χ0n) is 27.4. The van der Waals surface area contributed by atoms with Crippen molar-refractivity contribution in [1.82, 2.24) is 24.3 Å². The average molecular weight is 777 g/mol. The molecule has 1 aliphatic rings. The Labute approximate surface area is 301 Å². The highest BCUT2D eigenvalue weighted by molar-refractivity contribution is 7.89. The van der Waals surface area contributed by atoms with Crippen LogP contribution in [0.4, 0.5) is 24.5 Å². The highest BCUT2D eigenvalue weighted by atomic mass is 35.5. The number of carbonyl (C=O) groups is 4. The van der Waals surface area contributed by atoms with Crippen molar-refractivity contribution < 1.29 is 45.9 Å². The third kappa shape index (κ3) is 11.3. The van der Waals surface area contributed by atoms with E-state index in [1.165, 1.54) is 45.7 Å². The van der Waals surface area contributed by atoms with E-state index in [-0.39, 0.29) is 56.9 Å². The summed E-state index contributed by atoms with van der Waals surface area (Å²) in [6.07, 6.45) is 0.120. The third-order valence-corrected chi connectivity index (χ3v) is 9.83. The number of amides is 3. The van der Waals surface area contributed by atoms with Gasteiger partial charge >= 0.3 is 12.1 Å². The third-order valence-electron chi connectivity index (χ3n) is 7.30. The van der Waals surface area contributed by atoms with Gasteiger partial charge in [0, 0.05) is 44.5 Å². The number of halogens is 5. The Hall–Kier alpha value is -4.49. The van der Waals surface area contributed by atoms with Gasteiger partial charge in [-0.05, 0) is 57.3 Å². The summed E-state index contributed by atoms with van der Waals surface area (Å²) in [6, 6.07) is 10.5. The van der Waals surface area contributed by atoms with Gasteiger partial charge in [-0.15, -0.1) is 0 Å². The van der Waals surface area contributed by atoms with Crippen molar-refractivity contribution in [3.8, 4) is 0 Å². The Kier molecular flexibility index (Phi) is 14.2. The van der Waals surface area contributed by atoms with Crippen molar-refractivity contribution in [1.29, 1.82) is 0 Å². The molecule has 0 radical (unpaired) electrons. The minimum atomic E-state index is -5.08. The van der Waals surface area contributed by atoms with Gasteiger partial charge in [-0.3, -0.25) is 19.5 Å². The molecule has 51 heavy (non-hydrogen) atoms. The number of rotatable bonds is 10. The molecular weight excluding hydrogens is 742 g/mol. The molecule has 1 aromatic heterocycles. The van der Waals surface area contributed by atoms with Gasteiger partial charge in [0.25, 0.3) is 11.8 Å². The Morgan fingerprint density at radius 2 is 1.63 bits per heavy atom. The van der Waals surface area contributed by atoms with Crippen molar-refractivity contribution >= 4 is 68.3 Å². The number of aromatic amines is 1. The summed E-state index contributed by atoms with van der Waals surface area (Å²) in [6.45, 7) is 0.967. The number of sulfonamides is 1. The second kappa shape index (κ2) is 17.6. The number of aromatic nitrogens is 2. The van der Waals surface area contributed by atoms with E-state index in [9.17, 15) is 36.0 Å². The number of carboxylic acid groups (broad SMARTS) is 1. The molecule has 1 aliphatic heterocycles. The summed E-state index contributed by atoms with van der Waals surface area (Å²) in [4.78, 5) is 50.8. The van der Waals surface area contributed by atoms with Crippen LogP contribution in [-0.2, 0) is 19.6 Å². The summed E-state index contributed by atoms with van der Waals surface area (Å²) >= 11 is 12.3. The molecule has 0 atom stereocenters. The van der Waals surface area contributed by atoms with Crippen molar-refractivity contribution in [2.45, 2.75) is 30.0 Å².